The minimum atomic E-state index is -0.984. The number of pyridine rings is 3. The van der Waals surface area contributed by atoms with Crippen LogP contribution in [0.3, 0.4) is 0 Å². The summed E-state index contributed by atoms with van der Waals surface area (Å²) in [5, 5.41) is 10.0. The van der Waals surface area contributed by atoms with Crippen LogP contribution in [0.2, 0.25) is 8.67 Å². The minimum absolute atomic E-state index is 0.113. The molecule has 0 aromatic carbocycles. The number of allylic oxidation sites excluding steroid dienone is 8. The molecule has 0 saturated carbocycles. The number of aromatic nitrogens is 3. The molecule has 2 aliphatic heterocycles. The highest BCUT2D eigenvalue weighted by molar-refractivity contribution is 9.10. The molecule has 8 atom stereocenters. The first-order chi connectivity index (χ1) is 61.9. The average molecular weight is 2010 g/mol. The standard InChI is InChI=1S/C25H33NO3S.C23H29NO3S.C20H29ClO3S.C13H23BO2.C13H18BrClO3S.C11H16BNO2/c1-7-28-24(27)22(29-25(4,5)6)20-17(3)30-23(19-12-14-26-15-13-19)21(20)18-10-8-16(2)9-11-18;1-14-6-8-16(9-7-14)19-18(20(22(25)26)27-23(3,4)5)15(2)28-21(19)17-10-12-24-13-11-17;1-7-23-19(22)17(24-20(4,5)6)15-13(3)25-18(21)16(15)14-10-8-12(2)9-11-14;1-10-6-8-11(9-7-10)14-15-12(2,3)13(4,5)16-14;1-6-17-12(16)10(18-13(3,4)5)8-7(2)19-11(15)9(8)14;1-10(2)11(3,4)15-12(14-10)9-5-7-13-8-6-9/h10,12-16,22H,7-9,11H2,1-6H3;8,10-14,20H,6-7,9H2,1-5H3,(H,25,26);10,12,17H,7-9,11H2,1-6H3;8,10H,6-7,9H2,1-5H3;10H,6H2,1-5H3;5-8H,1-4H3. The predicted molar refractivity (Wildman–Crippen MR) is 552 cm³/mol. The third-order valence-corrected chi connectivity index (χ3v) is 30.7. The molecule has 28 heteroatoms. The number of carboxylic acid groups (broad SMARTS) is 1. The van der Waals surface area contributed by atoms with Crippen LogP contribution in [-0.2, 0) is 71.0 Å². The van der Waals surface area contributed by atoms with Gasteiger partial charge in [0.2, 0.25) is 0 Å². The Hall–Kier alpha value is -6.04. The van der Waals surface area contributed by atoms with Gasteiger partial charge in [0, 0.05) is 105 Å². The third kappa shape index (κ3) is 31.2. The maximum absolute atomic E-state index is 13.0. The van der Waals surface area contributed by atoms with Crippen LogP contribution in [0.4, 0.5) is 0 Å². The number of esters is 3. The molecule has 9 heterocycles. The fourth-order valence-electron chi connectivity index (χ4n) is 16.0. The number of nitrogens with zero attached hydrogens (tertiary/aromatic N) is 3. The number of aliphatic carboxylic acids is 1. The summed E-state index contributed by atoms with van der Waals surface area (Å²) in [5.74, 6) is 0.856. The summed E-state index contributed by atoms with van der Waals surface area (Å²) >= 11 is 22.4. The van der Waals surface area contributed by atoms with Gasteiger partial charge in [0.25, 0.3) is 0 Å². The van der Waals surface area contributed by atoms with Crippen molar-refractivity contribution in [3.8, 4) is 20.9 Å². The van der Waals surface area contributed by atoms with Crippen molar-refractivity contribution >= 4 is 145 Å². The van der Waals surface area contributed by atoms with Crippen molar-refractivity contribution in [2.45, 2.75) is 361 Å². The normalized spacial score (nSPS) is 20.1. The quantitative estimate of drug-likeness (QED) is 0.0378. The molecule has 6 aliphatic rings. The lowest BCUT2D eigenvalue weighted by molar-refractivity contribution is -0.167. The van der Waals surface area contributed by atoms with E-state index in [0.717, 1.165) is 154 Å². The lowest BCUT2D eigenvalue weighted by Crippen LogP contribution is -2.41. The molecule has 133 heavy (non-hydrogen) atoms. The van der Waals surface area contributed by atoms with Gasteiger partial charge < -0.3 is 56.9 Å². The van der Waals surface area contributed by atoms with Gasteiger partial charge in [0.1, 0.15) is 8.67 Å². The predicted octanol–water partition coefficient (Wildman–Crippen LogP) is 29.0. The van der Waals surface area contributed by atoms with E-state index in [2.05, 4.69) is 117 Å². The number of rotatable bonds is 22. The van der Waals surface area contributed by atoms with Gasteiger partial charge in [-0.15, -0.1) is 45.3 Å². The highest BCUT2D eigenvalue weighted by Gasteiger charge is 2.54. The fourth-order valence-corrected chi connectivity index (χ4v) is 22.0. The van der Waals surface area contributed by atoms with Crippen molar-refractivity contribution < 1.29 is 76.1 Å². The summed E-state index contributed by atoms with van der Waals surface area (Å²) in [4.78, 5) is 68.7. The molecule has 1 N–H and O–H groups in total. The smallest absolute Gasteiger partial charge is 0.479 e. The Bertz CT molecular complexity index is 5130. The van der Waals surface area contributed by atoms with Crippen LogP contribution < -0.4 is 5.46 Å². The van der Waals surface area contributed by atoms with Gasteiger partial charge in [-0.1, -0.05) is 75.2 Å². The zero-order valence-corrected chi connectivity index (χ0v) is 91.2. The van der Waals surface area contributed by atoms with Gasteiger partial charge >= 0.3 is 38.1 Å². The number of aryl methyl sites for hydroxylation is 4. The Morgan fingerprint density at radius 1 is 0.429 bits per heavy atom. The SMILES string of the molecule is CC1(C)OB(c2ccncc2)OC1(C)C.CC1CC=C(B2OC(C)(C)C(C)(C)O2)CC1.CCOC(=O)C(OC(C)(C)C)c1c(C)sc(-c2ccncc2)c1C1=CCC(C)CC1.CCOC(=O)C(OC(C)(C)C)c1c(C)sc(Cl)c1Br.CCOC(=O)C(OC(C)(C)C)c1c(C)sc(Cl)c1C1=CCC(C)CC1.Cc1sc(-c2ccncc2)c(C2=CCC(C)CC2)c1C(OC(C)(C)C)C(=O)O. The summed E-state index contributed by atoms with van der Waals surface area (Å²) in [7, 11) is -0.393. The number of ether oxygens (including phenoxy) is 7. The molecule has 8 unspecified atom stereocenters. The zero-order valence-electron chi connectivity index (χ0n) is 84.8. The Morgan fingerprint density at radius 3 is 1.02 bits per heavy atom. The maximum Gasteiger partial charge on any atom is 0.494 e. The number of carbonyl (C=O) groups excluding carboxylic acids is 3. The molecule has 7 aromatic heterocycles. The van der Waals surface area contributed by atoms with Crippen LogP contribution in [0, 0.1) is 51.4 Å². The van der Waals surface area contributed by atoms with Crippen molar-refractivity contribution in [3.05, 3.63) is 175 Å². The highest BCUT2D eigenvalue weighted by Crippen LogP contribution is 2.52. The van der Waals surface area contributed by atoms with E-state index in [0.29, 0.717) is 46.4 Å². The topological polar surface area (TPSA) is 229 Å². The summed E-state index contributed by atoms with van der Waals surface area (Å²) in [5.41, 5.74) is 12.0. The van der Waals surface area contributed by atoms with E-state index in [-0.39, 0.29) is 48.6 Å². The van der Waals surface area contributed by atoms with Crippen molar-refractivity contribution in [2.75, 3.05) is 19.8 Å². The summed E-state index contributed by atoms with van der Waals surface area (Å²) < 4.78 is 66.1. The zero-order chi connectivity index (χ0) is 99.0. The molecule has 0 bridgehead atoms. The van der Waals surface area contributed by atoms with E-state index < -0.39 is 58.8 Å². The molecule has 19 nitrogen and oxygen atoms in total. The van der Waals surface area contributed by atoms with Crippen LogP contribution in [0.1, 0.15) is 347 Å². The highest BCUT2D eigenvalue weighted by atomic mass is 79.9. The van der Waals surface area contributed by atoms with Crippen molar-refractivity contribution in [2.24, 2.45) is 23.7 Å². The number of hydrogen-bond acceptors (Lipinski definition) is 22. The van der Waals surface area contributed by atoms with Gasteiger partial charge in [-0.2, -0.15) is 0 Å². The number of hydrogen-bond donors (Lipinski definition) is 1. The summed E-state index contributed by atoms with van der Waals surface area (Å²) in [6.45, 7) is 63.3. The van der Waals surface area contributed by atoms with Crippen molar-refractivity contribution in [1.82, 2.24) is 15.0 Å². The average Bonchev–Trinajstić information content (AvgIpc) is 1.63. The monoisotopic (exact) mass is 2010 g/mol. The molecule has 2 fully saturated rings. The van der Waals surface area contributed by atoms with Crippen molar-refractivity contribution in [3.63, 3.8) is 0 Å². The molecular weight excluding hydrogens is 1860 g/mol. The second-order valence-corrected chi connectivity index (χ2v) is 48.3. The number of carboxylic acids is 1. The van der Waals surface area contributed by atoms with Crippen LogP contribution in [-0.4, -0.2) is 123 Å². The van der Waals surface area contributed by atoms with Gasteiger partial charge in [0.15, 0.2) is 24.4 Å². The number of thiophene rings is 4. The van der Waals surface area contributed by atoms with E-state index in [1.165, 1.54) is 62.6 Å². The summed E-state index contributed by atoms with van der Waals surface area (Å²) in [6, 6.07) is 11.9. The Morgan fingerprint density at radius 2 is 0.714 bits per heavy atom. The van der Waals surface area contributed by atoms with Crippen LogP contribution in [0.5, 0.6) is 0 Å². The number of halogens is 3. The largest absolute Gasteiger partial charge is 0.494 e. The Kier molecular flexibility index (Phi) is 40.7. The third-order valence-electron chi connectivity index (χ3n) is 24.4. The minimum Gasteiger partial charge on any atom is -0.479 e. The van der Waals surface area contributed by atoms with E-state index in [1.54, 1.807) is 54.4 Å². The molecule has 4 aliphatic carbocycles. The van der Waals surface area contributed by atoms with Crippen LogP contribution in [0.25, 0.3) is 37.6 Å². The molecular formula is C105H148B2BrCl2N3O16S4. The molecule has 730 valence electrons. The van der Waals surface area contributed by atoms with Gasteiger partial charge in [-0.3, -0.25) is 15.0 Å². The lowest BCUT2D eigenvalue weighted by atomic mass is 9.71. The lowest BCUT2D eigenvalue weighted by Gasteiger charge is -2.32. The van der Waals surface area contributed by atoms with E-state index >= 15 is 0 Å². The first-order valence-corrected chi connectivity index (χ1v) is 51.9. The molecule has 2 saturated heterocycles. The van der Waals surface area contributed by atoms with E-state index in [1.807, 2.05) is 194 Å². The fraction of sp³-hybridized carbons (Fsp3) is 0.590. The van der Waals surface area contributed by atoms with Gasteiger partial charge in [-0.05, 0) is 379 Å². The second kappa shape index (κ2) is 48.2. The Balaban J connectivity index is 0.000000200. The van der Waals surface area contributed by atoms with Crippen molar-refractivity contribution in [1.29, 1.82) is 0 Å². The maximum atomic E-state index is 13.0. The van der Waals surface area contributed by atoms with Crippen LogP contribution >= 0.6 is 84.5 Å². The molecule has 0 radical (unpaired) electrons. The second-order valence-electron chi connectivity index (χ2n) is 41.4. The van der Waals surface area contributed by atoms with Gasteiger partial charge in [0.05, 0.1) is 69.1 Å². The molecule has 0 spiro atoms. The van der Waals surface area contributed by atoms with Crippen LogP contribution in [0.15, 0.2) is 108 Å². The molecule has 7 aromatic rings. The first kappa shape index (κ1) is 112. The Labute approximate surface area is 829 Å². The first-order valence-electron chi connectivity index (χ1n) is 47.1. The van der Waals surface area contributed by atoms with E-state index in [4.69, 9.17) is 75.0 Å². The van der Waals surface area contributed by atoms with Gasteiger partial charge in [-0.25, -0.2) is 19.2 Å². The number of carbonyl (C=O) groups is 4. The molecule has 0 amide bonds. The molecule has 13 rings (SSSR count). The summed E-state index contributed by atoms with van der Waals surface area (Å²) in [6.07, 6.45) is 29.7. The van der Waals surface area contributed by atoms with E-state index in [9.17, 15) is 24.3 Å².